The van der Waals surface area contributed by atoms with E-state index < -0.39 is 0 Å². The molecule has 1 unspecified atom stereocenters. The van der Waals surface area contributed by atoms with Gasteiger partial charge in [-0.2, -0.15) is 0 Å². The summed E-state index contributed by atoms with van der Waals surface area (Å²) in [5, 5.41) is 7.87. The van der Waals surface area contributed by atoms with Crippen LogP contribution >= 0.6 is 23.5 Å². The molecular formula is C44H32S2. The summed E-state index contributed by atoms with van der Waals surface area (Å²) in [4.78, 5) is 2.87. The van der Waals surface area contributed by atoms with E-state index in [-0.39, 0.29) is 0 Å². The first kappa shape index (κ1) is 27.8. The minimum Gasteiger partial charge on any atom is -0.124 e. The Hall–Kier alpha value is -4.50. The molecule has 220 valence electrons. The van der Waals surface area contributed by atoms with Crippen molar-refractivity contribution in [2.24, 2.45) is 0 Å². The topological polar surface area (TPSA) is 0 Å². The molecule has 0 spiro atoms. The fourth-order valence-corrected chi connectivity index (χ4v) is 9.47. The van der Waals surface area contributed by atoms with E-state index in [0.717, 1.165) is 6.42 Å². The highest BCUT2D eigenvalue weighted by Crippen LogP contribution is 2.41. The maximum Gasteiger partial charge on any atom is 0.0214 e. The third kappa shape index (κ3) is 4.97. The first-order chi connectivity index (χ1) is 22.8. The van der Waals surface area contributed by atoms with Gasteiger partial charge in [0.05, 0.1) is 0 Å². The molecule has 0 N–H and O–H groups in total. The number of hydrogen-bond donors (Lipinski definition) is 0. The van der Waals surface area contributed by atoms with E-state index in [2.05, 4.69) is 152 Å². The van der Waals surface area contributed by atoms with Gasteiger partial charge in [-0.15, -0.1) is 23.5 Å². The molecule has 0 nitrogen and oxygen atoms in total. The number of rotatable bonds is 4. The molecule has 9 rings (SSSR count). The molecule has 0 amide bonds. The fraction of sp³-hybridized carbons (Fsp3) is 0.0909. The molecule has 0 fully saturated rings. The Bertz CT molecular complexity index is 2320. The molecule has 0 bridgehead atoms. The minimum atomic E-state index is 0.387. The third-order valence-electron chi connectivity index (χ3n) is 9.56. The first-order valence-corrected chi connectivity index (χ1v) is 18.1. The van der Waals surface area contributed by atoms with E-state index >= 15 is 0 Å². The van der Waals surface area contributed by atoms with E-state index in [0.29, 0.717) is 5.92 Å². The number of thioether (sulfide) groups is 2. The molecule has 1 aliphatic carbocycles. The molecule has 2 heteroatoms. The van der Waals surface area contributed by atoms with Crippen LogP contribution < -0.4 is 0 Å². The molecule has 0 saturated heterocycles. The smallest absolute Gasteiger partial charge is 0.0214 e. The van der Waals surface area contributed by atoms with Gasteiger partial charge in [0.15, 0.2) is 0 Å². The van der Waals surface area contributed by atoms with Crippen molar-refractivity contribution in [1.82, 2.24) is 0 Å². The lowest BCUT2D eigenvalue weighted by Gasteiger charge is -2.20. The number of hydrogen-bond acceptors (Lipinski definition) is 2. The Morgan fingerprint density at radius 2 is 1.02 bits per heavy atom. The Morgan fingerprint density at radius 1 is 0.435 bits per heavy atom. The lowest BCUT2D eigenvalue weighted by molar-refractivity contribution is 0.857. The van der Waals surface area contributed by atoms with Crippen LogP contribution in [0.1, 0.15) is 23.5 Å². The second-order valence-corrected chi connectivity index (χ2v) is 14.6. The van der Waals surface area contributed by atoms with Crippen LogP contribution in [0, 0.1) is 0 Å². The van der Waals surface area contributed by atoms with Crippen molar-refractivity contribution in [2.75, 3.05) is 11.5 Å². The molecule has 0 radical (unpaired) electrons. The summed E-state index contributed by atoms with van der Waals surface area (Å²) in [6.45, 7) is 0. The standard InChI is InChI=1S/C44H32S2/c1-2-13-39-37(11-1)38-12-3-4-14-40(38)42-27-35(19-21-41(39)42)34-10-6-9-33(26-34)32-8-5-7-31(25-32)29-15-17-30(18-16-29)36-20-22-43-44(28-36)46-24-23-45-43/h1-15,17-22,25-29H,16,23-24H2. The van der Waals surface area contributed by atoms with Crippen molar-refractivity contribution >= 4 is 61.4 Å². The highest BCUT2D eigenvalue weighted by atomic mass is 32.2. The molecular weight excluding hydrogens is 593 g/mol. The highest BCUT2D eigenvalue weighted by molar-refractivity contribution is 8.05. The Morgan fingerprint density at radius 3 is 1.72 bits per heavy atom. The van der Waals surface area contributed by atoms with Crippen molar-refractivity contribution in [2.45, 2.75) is 22.1 Å². The summed E-state index contributed by atoms with van der Waals surface area (Å²) in [7, 11) is 0. The van der Waals surface area contributed by atoms with Gasteiger partial charge in [0.2, 0.25) is 0 Å². The van der Waals surface area contributed by atoms with E-state index in [1.165, 1.54) is 92.6 Å². The lowest BCUT2D eigenvalue weighted by Crippen LogP contribution is -2.00. The number of fused-ring (bicyclic) bond motifs is 7. The van der Waals surface area contributed by atoms with Crippen LogP contribution in [0.5, 0.6) is 0 Å². The summed E-state index contributed by atoms with van der Waals surface area (Å²) in [5.41, 5.74) is 9.06. The van der Waals surface area contributed by atoms with Crippen LogP contribution in [0.25, 0.3) is 60.1 Å². The molecule has 0 aromatic heterocycles. The van der Waals surface area contributed by atoms with Gasteiger partial charge in [-0.1, -0.05) is 127 Å². The monoisotopic (exact) mass is 624 g/mol. The minimum absolute atomic E-state index is 0.387. The summed E-state index contributed by atoms with van der Waals surface area (Å²) in [6.07, 6.45) is 8.17. The van der Waals surface area contributed by atoms with Crippen molar-refractivity contribution in [3.8, 4) is 22.3 Å². The summed E-state index contributed by atoms with van der Waals surface area (Å²) in [5.74, 6) is 2.80. The van der Waals surface area contributed by atoms with Gasteiger partial charge in [-0.05, 0) is 102 Å². The average Bonchev–Trinajstić information content (AvgIpc) is 3.15. The van der Waals surface area contributed by atoms with E-state index in [4.69, 9.17) is 0 Å². The molecule has 1 aliphatic heterocycles. The first-order valence-electron chi connectivity index (χ1n) is 16.1. The zero-order valence-corrected chi connectivity index (χ0v) is 27.1. The maximum absolute atomic E-state index is 2.42. The summed E-state index contributed by atoms with van der Waals surface area (Å²) >= 11 is 3.98. The zero-order chi connectivity index (χ0) is 30.5. The number of benzene rings is 7. The van der Waals surface area contributed by atoms with Crippen LogP contribution in [0.3, 0.4) is 0 Å². The normalized spacial score (nSPS) is 16.1. The molecule has 0 saturated carbocycles. The third-order valence-corrected chi connectivity index (χ3v) is 12.1. The van der Waals surface area contributed by atoms with Crippen molar-refractivity contribution in [1.29, 1.82) is 0 Å². The predicted octanol–water partition coefficient (Wildman–Crippen LogP) is 12.8. The van der Waals surface area contributed by atoms with E-state index in [1.54, 1.807) is 0 Å². The second-order valence-electron chi connectivity index (χ2n) is 12.3. The maximum atomic E-state index is 2.42. The van der Waals surface area contributed by atoms with Crippen LogP contribution in [0.15, 0.2) is 161 Å². The average molecular weight is 625 g/mol. The van der Waals surface area contributed by atoms with Crippen LogP contribution in [-0.4, -0.2) is 11.5 Å². The van der Waals surface area contributed by atoms with E-state index in [9.17, 15) is 0 Å². The molecule has 2 aliphatic rings. The predicted molar refractivity (Wildman–Crippen MR) is 202 cm³/mol. The molecule has 7 aromatic carbocycles. The van der Waals surface area contributed by atoms with Gasteiger partial charge < -0.3 is 0 Å². The van der Waals surface area contributed by atoms with Gasteiger partial charge in [-0.25, -0.2) is 0 Å². The second kappa shape index (κ2) is 11.7. The molecule has 7 aromatic rings. The Kier molecular flexibility index (Phi) is 7.06. The van der Waals surface area contributed by atoms with Crippen LogP contribution in [0.2, 0.25) is 0 Å². The van der Waals surface area contributed by atoms with Crippen molar-refractivity contribution in [3.63, 3.8) is 0 Å². The van der Waals surface area contributed by atoms with Gasteiger partial charge in [0.1, 0.15) is 0 Å². The largest absolute Gasteiger partial charge is 0.124 e. The van der Waals surface area contributed by atoms with Gasteiger partial charge >= 0.3 is 0 Å². The molecule has 1 atom stereocenters. The van der Waals surface area contributed by atoms with Crippen molar-refractivity contribution < 1.29 is 0 Å². The molecule has 46 heavy (non-hydrogen) atoms. The Labute approximate surface area is 278 Å². The zero-order valence-electron chi connectivity index (χ0n) is 25.4. The van der Waals surface area contributed by atoms with E-state index in [1.807, 2.05) is 23.5 Å². The molecule has 1 heterocycles. The Balaban J connectivity index is 1.02. The lowest BCUT2D eigenvalue weighted by atomic mass is 9.87. The summed E-state index contributed by atoms with van der Waals surface area (Å²) < 4.78 is 0. The number of allylic oxidation sites excluding steroid dienone is 4. The van der Waals surface area contributed by atoms with Crippen LogP contribution in [0.4, 0.5) is 0 Å². The fourth-order valence-electron chi connectivity index (χ4n) is 7.22. The summed E-state index contributed by atoms with van der Waals surface area (Å²) in [6, 6.07) is 49.7. The van der Waals surface area contributed by atoms with Crippen molar-refractivity contribution in [3.05, 3.63) is 163 Å². The quantitative estimate of drug-likeness (QED) is 0.179. The van der Waals surface area contributed by atoms with Gasteiger partial charge in [-0.3, -0.25) is 0 Å². The van der Waals surface area contributed by atoms with Gasteiger partial charge in [0.25, 0.3) is 0 Å². The SMILES string of the molecule is C1=CC(c2cccc(-c3cccc(-c4ccc5c6ccccc6c6ccccc6c5c4)c3)c2)CC=C1c1ccc2c(c1)SCCS2. The highest BCUT2D eigenvalue weighted by Gasteiger charge is 2.16. The van der Waals surface area contributed by atoms with Gasteiger partial charge in [0, 0.05) is 27.2 Å². The van der Waals surface area contributed by atoms with Crippen LogP contribution in [-0.2, 0) is 0 Å².